The maximum Gasteiger partial charge on any atom is 0.407 e. The van der Waals surface area contributed by atoms with Gasteiger partial charge in [0.05, 0.1) is 41.7 Å². The lowest BCUT2D eigenvalue weighted by Gasteiger charge is -2.35. The molecule has 0 radical (unpaired) electrons. The van der Waals surface area contributed by atoms with Gasteiger partial charge in [-0.15, -0.1) is 11.8 Å². The summed E-state index contributed by atoms with van der Waals surface area (Å²) in [6.07, 6.45) is -0.0265. The molecular formula is C78H96N8O12S3. The quantitative estimate of drug-likeness (QED) is 0.0133. The lowest BCUT2D eigenvalue weighted by molar-refractivity contribution is -0.136. The first-order valence-corrected chi connectivity index (χ1v) is 38.0. The van der Waals surface area contributed by atoms with Crippen molar-refractivity contribution in [2.45, 2.75) is 157 Å². The van der Waals surface area contributed by atoms with Crippen molar-refractivity contribution >= 4 is 86.2 Å². The number of ketones is 1. The molecule has 0 bridgehead atoms. The Morgan fingerprint density at radius 1 is 0.634 bits per heavy atom. The molecule has 1 heterocycles. The third kappa shape index (κ3) is 23.6. The Hall–Kier alpha value is -8.29. The number of allylic oxidation sites excluding steroid dienone is 1. The van der Waals surface area contributed by atoms with Crippen LogP contribution in [0, 0.1) is 5.92 Å². The molecule has 0 aromatic heterocycles. The molecule has 1 saturated heterocycles. The molecule has 10 atom stereocenters. The number of fused-ring (bicyclic) bond motifs is 1. The van der Waals surface area contributed by atoms with Crippen molar-refractivity contribution < 1.29 is 58.4 Å². The second kappa shape index (κ2) is 39.2. The fourth-order valence-electron chi connectivity index (χ4n) is 12.2. The van der Waals surface area contributed by atoms with Crippen molar-refractivity contribution in [3.8, 4) is 0 Å². The number of Topliss-reactive ketones (excluding diaryl/α,β-unsaturated/α-hetero) is 1. The number of hydrogen-bond donors (Lipinski definition) is 11. The van der Waals surface area contributed by atoms with Gasteiger partial charge in [-0.2, -0.15) is 0 Å². The van der Waals surface area contributed by atoms with Gasteiger partial charge >= 0.3 is 6.09 Å². The highest BCUT2D eigenvalue weighted by molar-refractivity contribution is 8.76. The van der Waals surface area contributed by atoms with Crippen molar-refractivity contribution in [2.24, 2.45) is 5.92 Å². The van der Waals surface area contributed by atoms with E-state index in [0.29, 0.717) is 37.1 Å². The molecule has 2 aliphatic rings. The SMILES string of the molecule is C[C@@H](O)[C@@H]1NC(=O)[C@H](CCCCNC(=O)OC(C)(C)C)NC(=O)[C@@H](CC2=CCc3ccccc32)NC(=O)[C@H](Cc2ccccc2)CC(=O)[C@@H](NC(=O)[C@@H](Cc2ccccc2)NCCCSC(c2ccccc2)(c2ccccc2)c2ccccc2)CSSC[C@@H](C(=O)N[C@H](CO)[C@@H](C)O)NC1=O. The number of alkyl carbamates (subject to hydrolysis) is 1. The Labute approximate surface area is 604 Å². The van der Waals surface area contributed by atoms with Gasteiger partial charge in [0.15, 0.2) is 5.78 Å². The number of ether oxygens (including phenoxy) is 1. The van der Waals surface area contributed by atoms with Crippen LogP contribution < -0.4 is 42.5 Å². The Morgan fingerprint density at radius 3 is 1.79 bits per heavy atom. The minimum absolute atomic E-state index is 0.0397. The molecule has 1 aliphatic carbocycles. The number of aliphatic hydroxyl groups excluding tert-OH is 3. The van der Waals surface area contributed by atoms with E-state index >= 15 is 19.2 Å². The summed E-state index contributed by atoms with van der Waals surface area (Å²) in [5.41, 5.74) is 6.76. The molecule has 0 saturated carbocycles. The van der Waals surface area contributed by atoms with Gasteiger partial charge in [0.1, 0.15) is 29.8 Å². The third-order valence-corrected chi connectivity index (χ3v) is 21.6. The zero-order chi connectivity index (χ0) is 72.3. The van der Waals surface area contributed by atoms with E-state index in [1.807, 2.05) is 146 Å². The monoisotopic (exact) mass is 1430 g/mol. The summed E-state index contributed by atoms with van der Waals surface area (Å²) in [5, 5.41) is 55.0. The molecule has 1 fully saturated rings. The van der Waals surface area contributed by atoms with E-state index in [2.05, 4.69) is 78.9 Å². The van der Waals surface area contributed by atoms with Crippen LogP contribution in [0.15, 0.2) is 182 Å². The van der Waals surface area contributed by atoms with Crippen LogP contribution in [0.2, 0.25) is 0 Å². The molecular weight excluding hydrogens is 1340 g/mol. The van der Waals surface area contributed by atoms with E-state index < -0.39 is 131 Å². The third-order valence-electron chi connectivity index (χ3n) is 17.6. The molecule has 6 aromatic carbocycles. The van der Waals surface area contributed by atoms with E-state index in [4.69, 9.17) is 4.74 Å². The van der Waals surface area contributed by atoms with Crippen LogP contribution in [0.3, 0.4) is 0 Å². The number of carbonyl (C=O) groups is 8. The highest BCUT2D eigenvalue weighted by atomic mass is 33.1. The molecule has 11 N–H and O–H groups in total. The standard InChI is InChI=1S/C78H96N8O12S3/c1-51(88)65(48-87)83-74(95)67-50-101-100-49-66(84-72(93)63(45-54-28-13-7-14-29-54)79-42-25-43-99-78(58-31-15-8-16-32-58,59-33-17-9-18-34-59)60-35-19-10-20-36-60)68(90)47-57(44-53-26-11-6-12-27-53)70(91)82-64(46-56-40-39-55-30-21-22-37-61(55)56)73(94)81-62(71(92)86-69(52(2)89)75(96)85-67)38-23-24-41-80-76(97)98-77(3,4)5/h6-22,26-37,40,51-52,57,62-67,69,79,87-89H,23-25,38-39,41-50H2,1-5H3,(H,80,97)(H,81,94)(H,82,91)(H,83,95)(H,84,93)(H,85,96)(H,86,92)/t51-,52-,57-,62+,63-,64-,65-,66+,67+,69+/m1/s1. The number of nitrogens with one attached hydrogen (secondary N) is 8. The molecule has 6 aromatic rings. The van der Waals surface area contributed by atoms with Gasteiger partial charge in [0.2, 0.25) is 35.4 Å². The number of aliphatic hydroxyl groups is 3. The maximum atomic E-state index is 15.5. The fourth-order valence-corrected chi connectivity index (χ4v) is 16.1. The van der Waals surface area contributed by atoms with Crippen LogP contribution in [-0.4, -0.2) is 160 Å². The van der Waals surface area contributed by atoms with E-state index in [-0.39, 0.29) is 50.2 Å². The second-order valence-electron chi connectivity index (χ2n) is 26.5. The Kier molecular flexibility index (Phi) is 30.5. The minimum atomic E-state index is -1.73. The van der Waals surface area contributed by atoms with E-state index in [1.165, 1.54) is 13.8 Å². The zero-order valence-corrected chi connectivity index (χ0v) is 60.4. The number of thioether (sulfide) groups is 1. The van der Waals surface area contributed by atoms with Crippen molar-refractivity contribution in [3.05, 3.63) is 221 Å². The molecule has 538 valence electrons. The Bertz CT molecular complexity index is 3610. The number of unbranched alkanes of at least 4 members (excludes halogenated alkanes) is 1. The molecule has 8 rings (SSSR count). The molecule has 1 aliphatic heterocycles. The van der Waals surface area contributed by atoms with Crippen LogP contribution in [0.4, 0.5) is 4.79 Å². The number of amides is 7. The molecule has 20 nitrogen and oxygen atoms in total. The van der Waals surface area contributed by atoms with Crippen molar-refractivity contribution in [2.75, 3.05) is 37.0 Å². The number of carbonyl (C=O) groups excluding carboxylic acids is 8. The van der Waals surface area contributed by atoms with Gasteiger partial charge in [-0.1, -0.05) is 204 Å². The average molecular weight is 1430 g/mol. The van der Waals surface area contributed by atoms with Gasteiger partial charge < -0.3 is 62.6 Å². The predicted molar refractivity (Wildman–Crippen MR) is 399 cm³/mol. The largest absolute Gasteiger partial charge is 0.444 e. The van der Waals surface area contributed by atoms with Gasteiger partial charge in [-0.05, 0) is 136 Å². The van der Waals surface area contributed by atoms with Crippen molar-refractivity contribution in [3.63, 3.8) is 0 Å². The van der Waals surface area contributed by atoms with Gasteiger partial charge in [-0.25, -0.2) is 4.79 Å². The Morgan fingerprint density at radius 2 is 1.20 bits per heavy atom. The lowest BCUT2D eigenvalue weighted by atomic mass is 9.84. The summed E-state index contributed by atoms with van der Waals surface area (Å²) in [4.78, 5) is 118. The number of hydrogen-bond acceptors (Lipinski definition) is 16. The van der Waals surface area contributed by atoms with Crippen LogP contribution in [0.1, 0.15) is 112 Å². The van der Waals surface area contributed by atoms with Gasteiger partial charge in [0.25, 0.3) is 0 Å². The second-order valence-corrected chi connectivity index (χ2v) is 30.4. The summed E-state index contributed by atoms with van der Waals surface area (Å²) >= 11 is 1.80. The van der Waals surface area contributed by atoms with E-state index in [0.717, 1.165) is 60.5 Å². The lowest BCUT2D eigenvalue weighted by Crippen LogP contribution is -2.61. The summed E-state index contributed by atoms with van der Waals surface area (Å²) in [7, 11) is 2.17. The van der Waals surface area contributed by atoms with Crippen LogP contribution in [0.5, 0.6) is 0 Å². The van der Waals surface area contributed by atoms with Gasteiger partial charge in [0, 0.05) is 36.8 Å². The highest BCUT2D eigenvalue weighted by Gasteiger charge is 2.39. The van der Waals surface area contributed by atoms with Crippen LogP contribution in [-0.2, 0) is 62.3 Å². The topological polar surface area (TPSA) is 303 Å². The predicted octanol–water partition coefficient (Wildman–Crippen LogP) is 7.90. The first kappa shape index (κ1) is 78.4. The highest BCUT2D eigenvalue weighted by Crippen LogP contribution is 2.48. The minimum Gasteiger partial charge on any atom is -0.444 e. The first-order chi connectivity index (χ1) is 48.6. The number of rotatable bonds is 27. The normalized spacial score (nSPS) is 20.2. The van der Waals surface area contributed by atoms with E-state index in [1.54, 1.807) is 32.5 Å². The Balaban J connectivity index is 1.12. The fraction of sp³-hybridized carbons (Fsp3) is 0.410. The molecule has 7 amide bonds. The molecule has 101 heavy (non-hydrogen) atoms. The molecule has 0 unspecified atom stereocenters. The zero-order valence-electron chi connectivity index (χ0n) is 57.9. The first-order valence-electron chi connectivity index (χ1n) is 34.5. The van der Waals surface area contributed by atoms with Crippen molar-refractivity contribution in [1.82, 2.24) is 42.5 Å². The van der Waals surface area contributed by atoms with Crippen molar-refractivity contribution in [1.29, 1.82) is 0 Å². The summed E-state index contributed by atoms with van der Waals surface area (Å²) in [5.74, 6) is -5.95. The van der Waals surface area contributed by atoms with Crippen LogP contribution >= 0.6 is 33.3 Å². The van der Waals surface area contributed by atoms with Gasteiger partial charge in [-0.3, -0.25) is 33.6 Å². The van der Waals surface area contributed by atoms with E-state index in [9.17, 15) is 34.5 Å². The summed E-state index contributed by atoms with van der Waals surface area (Å²) in [6, 6.07) is 48.2. The average Bonchev–Trinajstić information content (AvgIpc) is 1.18. The molecule has 0 spiro atoms. The van der Waals surface area contributed by atoms with Crippen LogP contribution in [0.25, 0.3) is 5.57 Å². The summed E-state index contributed by atoms with van der Waals surface area (Å²) < 4.78 is 4.82. The molecule has 23 heteroatoms. The smallest absolute Gasteiger partial charge is 0.407 e. The summed E-state index contributed by atoms with van der Waals surface area (Å²) in [6.45, 7) is 7.68. The maximum absolute atomic E-state index is 15.5. The number of benzene rings is 6.